The fraction of sp³-hybridized carbons (Fsp3) is 0.333. The summed E-state index contributed by atoms with van der Waals surface area (Å²) in [6, 6.07) is 5.23. The number of nitrogens with one attached hydrogen (secondary N) is 1. The third-order valence-corrected chi connectivity index (χ3v) is 2.11. The molecular formula is C12H15N3O2. The largest absolute Gasteiger partial charge is 0.459 e. The number of ether oxygens (including phenoxy) is 1. The van der Waals surface area contributed by atoms with Crippen molar-refractivity contribution >= 4 is 16.6 Å². The normalized spacial score (nSPS) is 11.7. The van der Waals surface area contributed by atoms with Crippen molar-refractivity contribution in [1.82, 2.24) is 9.97 Å². The van der Waals surface area contributed by atoms with E-state index in [-0.39, 0.29) is 11.6 Å². The van der Waals surface area contributed by atoms with Crippen LogP contribution in [0.1, 0.15) is 20.8 Å². The average molecular weight is 233 g/mol. The van der Waals surface area contributed by atoms with E-state index in [9.17, 15) is 4.79 Å². The highest BCUT2D eigenvalue weighted by atomic mass is 16.5. The molecule has 0 atom stereocenters. The van der Waals surface area contributed by atoms with Crippen LogP contribution in [-0.2, 0) is 0 Å². The fourth-order valence-corrected chi connectivity index (χ4v) is 1.47. The molecule has 0 saturated carbocycles. The van der Waals surface area contributed by atoms with Crippen molar-refractivity contribution in [2.24, 2.45) is 0 Å². The van der Waals surface area contributed by atoms with E-state index in [1.54, 1.807) is 18.2 Å². The van der Waals surface area contributed by atoms with Crippen LogP contribution in [0.4, 0.5) is 5.69 Å². The van der Waals surface area contributed by atoms with E-state index < -0.39 is 5.60 Å². The van der Waals surface area contributed by atoms with Crippen LogP contribution in [0.25, 0.3) is 10.9 Å². The molecular weight excluding hydrogens is 218 g/mol. The SMILES string of the molecule is CC(C)(C)Oc1nc2ccc(N)cc2c(=O)[nH]1. The van der Waals surface area contributed by atoms with E-state index in [1.807, 2.05) is 20.8 Å². The monoisotopic (exact) mass is 233 g/mol. The Labute approximate surface area is 98.6 Å². The molecule has 1 aromatic heterocycles. The van der Waals surface area contributed by atoms with Crippen LogP contribution in [0.5, 0.6) is 6.01 Å². The van der Waals surface area contributed by atoms with Crippen LogP contribution in [0, 0.1) is 0 Å². The Morgan fingerprint density at radius 2 is 2.06 bits per heavy atom. The lowest BCUT2D eigenvalue weighted by atomic mass is 10.2. The van der Waals surface area contributed by atoms with Crippen molar-refractivity contribution in [2.45, 2.75) is 26.4 Å². The van der Waals surface area contributed by atoms with E-state index >= 15 is 0 Å². The van der Waals surface area contributed by atoms with E-state index in [0.717, 1.165) is 0 Å². The number of rotatable bonds is 1. The fourth-order valence-electron chi connectivity index (χ4n) is 1.47. The van der Waals surface area contributed by atoms with Gasteiger partial charge < -0.3 is 10.5 Å². The number of hydrogen-bond acceptors (Lipinski definition) is 4. The molecule has 0 spiro atoms. The number of nitrogens with two attached hydrogens (primary N) is 1. The van der Waals surface area contributed by atoms with Gasteiger partial charge in [-0.15, -0.1) is 0 Å². The number of benzene rings is 1. The van der Waals surface area contributed by atoms with Crippen molar-refractivity contribution in [2.75, 3.05) is 5.73 Å². The first-order valence-electron chi connectivity index (χ1n) is 5.34. The molecule has 2 aromatic rings. The molecule has 5 nitrogen and oxygen atoms in total. The Hall–Kier alpha value is -2.04. The number of fused-ring (bicyclic) bond motifs is 1. The summed E-state index contributed by atoms with van der Waals surface area (Å²) >= 11 is 0. The van der Waals surface area contributed by atoms with Crippen molar-refractivity contribution in [3.63, 3.8) is 0 Å². The first-order chi connectivity index (χ1) is 7.85. The van der Waals surface area contributed by atoms with Gasteiger partial charge in [0.05, 0.1) is 10.9 Å². The number of hydrogen-bond donors (Lipinski definition) is 2. The van der Waals surface area contributed by atoms with Crippen LogP contribution in [0.2, 0.25) is 0 Å². The first kappa shape index (κ1) is 11.4. The molecule has 0 radical (unpaired) electrons. The number of nitrogens with zero attached hydrogens (tertiary/aromatic N) is 1. The second kappa shape index (κ2) is 3.76. The van der Waals surface area contributed by atoms with Crippen molar-refractivity contribution in [3.05, 3.63) is 28.6 Å². The first-order valence-corrected chi connectivity index (χ1v) is 5.34. The molecule has 1 heterocycles. The predicted octanol–water partition coefficient (Wildman–Crippen LogP) is 1.68. The number of anilines is 1. The van der Waals surface area contributed by atoms with Crippen LogP contribution in [-0.4, -0.2) is 15.6 Å². The highest BCUT2D eigenvalue weighted by Crippen LogP contribution is 2.16. The number of aromatic nitrogens is 2. The summed E-state index contributed by atoms with van der Waals surface area (Å²) in [6.45, 7) is 5.67. The van der Waals surface area contributed by atoms with Gasteiger partial charge in [0, 0.05) is 5.69 Å². The summed E-state index contributed by atoms with van der Waals surface area (Å²) in [5.41, 5.74) is 6.07. The van der Waals surface area contributed by atoms with E-state index in [2.05, 4.69) is 9.97 Å². The van der Waals surface area contributed by atoms with Gasteiger partial charge in [-0.25, -0.2) is 0 Å². The lowest BCUT2D eigenvalue weighted by Gasteiger charge is -2.19. The minimum absolute atomic E-state index is 0.222. The minimum Gasteiger partial charge on any atom is -0.459 e. The topological polar surface area (TPSA) is 81.0 Å². The summed E-state index contributed by atoms with van der Waals surface area (Å²) in [5.74, 6) is 0. The maximum atomic E-state index is 11.8. The van der Waals surface area contributed by atoms with Gasteiger partial charge in [0.15, 0.2) is 0 Å². The van der Waals surface area contributed by atoms with Gasteiger partial charge in [-0.3, -0.25) is 9.78 Å². The number of nitrogen functional groups attached to an aromatic ring is 1. The van der Waals surface area contributed by atoms with Gasteiger partial charge in [0.1, 0.15) is 5.60 Å². The molecule has 0 aliphatic rings. The van der Waals surface area contributed by atoms with Crippen LogP contribution >= 0.6 is 0 Å². The molecule has 0 bridgehead atoms. The van der Waals surface area contributed by atoms with Gasteiger partial charge in [0.2, 0.25) is 0 Å². The summed E-state index contributed by atoms with van der Waals surface area (Å²) < 4.78 is 5.52. The van der Waals surface area contributed by atoms with Crippen LogP contribution < -0.4 is 16.0 Å². The Bertz CT molecular complexity index is 611. The molecule has 5 heteroatoms. The maximum absolute atomic E-state index is 11.8. The summed E-state index contributed by atoms with van der Waals surface area (Å²) in [7, 11) is 0. The Kier molecular flexibility index (Phi) is 2.53. The summed E-state index contributed by atoms with van der Waals surface area (Å²) in [4.78, 5) is 18.6. The predicted molar refractivity (Wildman–Crippen MR) is 67.2 cm³/mol. The van der Waals surface area contributed by atoms with Gasteiger partial charge in [-0.2, -0.15) is 4.98 Å². The Balaban J connectivity index is 2.57. The lowest BCUT2D eigenvalue weighted by molar-refractivity contribution is 0.117. The zero-order chi connectivity index (χ0) is 12.6. The quantitative estimate of drug-likeness (QED) is 0.734. The smallest absolute Gasteiger partial charge is 0.297 e. The second-order valence-electron chi connectivity index (χ2n) is 4.86. The van der Waals surface area contributed by atoms with Crippen LogP contribution in [0.15, 0.2) is 23.0 Å². The highest BCUT2D eigenvalue weighted by Gasteiger charge is 2.14. The van der Waals surface area contributed by atoms with E-state index in [1.165, 1.54) is 0 Å². The Morgan fingerprint density at radius 1 is 1.35 bits per heavy atom. The minimum atomic E-state index is -0.405. The van der Waals surface area contributed by atoms with Gasteiger partial charge in [0.25, 0.3) is 11.6 Å². The summed E-state index contributed by atoms with van der Waals surface area (Å²) in [5, 5.41) is 0.464. The molecule has 1 aromatic carbocycles. The molecule has 0 aliphatic carbocycles. The van der Waals surface area contributed by atoms with Gasteiger partial charge in [-0.1, -0.05) is 0 Å². The highest BCUT2D eigenvalue weighted by molar-refractivity contribution is 5.81. The lowest BCUT2D eigenvalue weighted by Crippen LogP contribution is -2.25. The Morgan fingerprint density at radius 3 is 2.71 bits per heavy atom. The zero-order valence-electron chi connectivity index (χ0n) is 10.1. The van der Waals surface area contributed by atoms with Crippen molar-refractivity contribution in [3.8, 4) is 6.01 Å². The third kappa shape index (κ3) is 2.55. The standard InChI is InChI=1S/C12H15N3O2/c1-12(2,3)17-11-14-9-5-4-7(13)6-8(9)10(16)15-11/h4-6H,13H2,1-3H3,(H,14,15,16). The molecule has 3 N–H and O–H groups in total. The number of aromatic amines is 1. The van der Waals surface area contributed by atoms with Crippen LogP contribution in [0.3, 0.4) is 0 Å². The van der Waals surface area contributed by atoms with E-state index in [0.29, 0.717) is 16.6 Å². The van der Waals surface area contributed by atoms with E-state index in [4.69, 9.17) is 10.5 Å². The zero-order valence-corrected chi connectivity index (χ0v) is 10.1. The van der Waals surface area contributed by atoms with Gasteiger partial charge >= 0.3 is 0 Å². The molecule has 0 amide bonds. The third-order valence-electron chi connectivity index (χ3n) is 2.11. The number of H-pyrrole nitrogens is 1. The molecule has 0 fully saturated rings. The molecule has 17 heavy (non-hydrogen) atoms. The maximum Gasteiger partial charge on any atom is 0.297 e. The molecule has 0 aliphatic heterocycles. The van der Waals surface area contributed by atoms with Crippen molar-refractivity contribution in [1.29, 1.82) is 0 Å². The molecule has 90 valence electrons. The second-order valence-corrected chi connectivity index (χ2v) is 4.86. The molecule has 0 unspecified atom stereocenters. The average Bonchev–Trinajstić information content (AvgIpc) is 2.17. The van der Waals surface area contributed by atoms with Crippen molar-refractivity contribution < 1.29 is 4.74 Å². The summed E-state index contributed by atoms with van der Waals surface area (Å²) in [6.07, 6.45) is 0. The molecule has 2 rings (SSSR count). The van der Waals surface area contributed by atoms with Gasteiger partial charge in [-0.05, 0) is 39.0 Å². The molecule has 0 saturated heterocycles.